The molecule has 0 amide bonds. The number of oxazole rings is 1. The van der Waals surface area contributed by atoms with Gasteiger partial charge in [-0.15, -0.1) is 0 Å². The van der Waals surface area contributed by atoms with Crippen molar-refractivity contribution >= 4 is 12.2 Å². The molecule has 0 aromatic carbocycles. The smallest absolute Gasteiger partial charge is 0.200 e. The van der Waals surface area contributed by atoms with Crippen LogP contribution < -0.4 is 0 Å². The first kappa shape index (κ1) is 11.1. The number of aromatic amines is 1. The third-order valence-corrected chi connectivity index (χ3v) is 2.62. The van der Waals surface area contributed by atoms with Crippen LogP contribution in [0.4, 0.5) is 0 Å². The second kappa shape index (κ2) is 3.86. The van der Waals surface area contributed by atoms with Gasteiger partial charge in [-0.3, -0.25) is 9.67 Å². The van der Waals surface area contributed by atoms with Crippen LogP contribution in [0.1, 0.15) is 31.5 Å². The van der Waals surface area contributed by atoms with Gasteiger partial charge in [0.1, 0.15) is 0 Å². The number of nitrogens with one attached hydrogen (secondary N) is 1. The molecule has 16 heavy (non-hydrogen) atoms. The summed E-state index contributed by atoms with van der Waals surface area (Å²) in [5.74, 6) is 2.02. The van der Waals surface area contributed by atoms with E-state index < -0.39 is 0 Å². The zero-order valence-corrected chi connectivity index (χ0v) is 10.6. The molecule has 86 valence electrons. The molecule has 6 heteroatoms. The van der Waals surface area contributed by atoms with Crippen LogP contribution in [-0.2, 0) is 0 Å². The van der Waals surface area contributed by atoms with E-state index in [1.165, 1.54) is 0 Å². The van der Waals surface area contributed by atoms with Crippen molar-refractivity contribution in [2.24, 2.45) is 0 Å². The van der Waals surface area contributed by atoms with Crippen LogP contribution in [0.5, 0.6) is 0 Å². The third kappa shape index (κ3) is 1.69. The van der Waals surface area contributed by atoms with Gasteiger partial charge in [0.25, 0.3) is 0 Å². The lowest BCUT2D eigenvalue weighted by molar-refractivity contribution is 0.517. The van der Waals surface area contributed by atoms with E-state index >= 15 is 0 Å². The van der Waals surface area contributed by atoms with Gasteiger partial charge in [0.2, 0.25) is 5.82 Å². The molecule has 0 bridgehead atoms. The van der Waals surface area contributed by atoms with Crippen LogP contribution in [0.15, 0.2) is 4.42 Å². The van der Waals surface area contributed by atoms with Crippen molar-refractivity contribution in [3.05, 3.63) is 16.4 Å². The normalized spacial score (nSPS) is 11.3. The Kier molecular flexibility index (Phi) is 2.67. The quantitative estimate of drug-likeness (QED) is 0.817. The summed E-state index contributed by atoms with van der Waals surface area (Å²) in [7, 11) is 0. The summed E-state index contributed by atoms with van der Waals surface area (Å²) in [6.45, 7) is 7.81. The fourth-order valence-corrected chi connectivity index (χ4v) is 2.03. The van der Waals surface area contributed by atoms with Crippen molar-refractivity contribution in [2.45, 2.75) is 33.7 Å². The predicted octanol–water partition coefficient (Wildman–Crippen LogP) is 2.79. The summed E-state index contributed by atoms with van der Waals surface area (Å²) in [6, 6.07) is 0.228. The first-order valence-electron chi connectivity index (χ1n) is 5.12. The molecule has 2 aromatic rings. The largest absolute Gasteiger partial charge is 0.437 e. The van der Waals surface area contributed by atoms with Gasteiger partial charge in [-0.1, -0.05) is 0 Å². The van der Waals surface area contributed by atoms with Gasteiger partial charge in [0.15, 0.2) is 16.4 Å². The number of rotatable bonds is 2. The summed E-state index contributed by atoms with van der Waals surface area (Å²) >= 11 is 5.18. The van der Waals surface area contributed by atoms with E-state index in [0.717, 1.165) is 5.69 Å². The SMILES string of the molecule is Cc1nc(C)c(-c2n[nH]c(=S)n2C(C)C)o1. The zero-order valence-electron chi connectivity index (χ0n) is 9.74. The highest BCUT2D eigenvalue weighted by Crippen LogP contribution is 2.24. The summed E-state index contributed by atoms with van der Waals surface area (Å²) in [4.78, 5) is 4.23. The molecule has 0 radical (unpaired) electrons. The van der Waals surface area contributed by atoms with Crippen molar-refractivity contribution in [2.75, 3.05) is 0 Å². The van der Waals surface area contributed by atoms with E-state index in [9.17, 15) is 0 Å². The van der Waals surface area contributed by atoms with E-state index in [-0.39, 0.29) is 6.04 Å². The van der Waals surface area contributed by atoms with Gasteiger partial charge in [-0.05, 0) is 33.0 Å². The van der Waals surface area contributed by atoms with Gasteiger partial charge in [-0.25, -0.2) is 4.98 Å². The van der Waals surface area contributed by atoms with E-state index in [1.807, 2.05) is 32.3 Å². The molecular formula is C10H14N4OS. The minimum Gasteiger partial charge on any atom is -0.437 e. The van der Waals surface area contributed by atoms with E-state index in [4.69, 9.17) is 16.6 Å². The highest BCUT2D eigenvalue weighted by atomic mass is 32.1. The molecule has 1 N–H and O–H groups in total. The first-order chi connectivity index (χ1) is 7.50. The van der Waals surface area contributed by atoms with Crippen LogP contribution in [-0.4, -0.2) is 19.7 Å². The van der Waals surface area contributed by atoms with E-state index in [1.54, 1.807) is 0 Å². The van der Waals surface area contributed by atoms with E-state index in [0.29, 0.717) is 22.2 Å². The van der Waals surface area contributed by atoms with Crippen molar-refractivity contribution < 1.29 is 4.42 Å². The molecule has 2 aromatic heterocycles. The van der Waals surface area contributed by atoms with Crippen molar-refractivity contribution in [1.82, 2.24) is 19.7 Å². The highest BCUT2D eigenvalue weighted by molar-refractivity contribution is 7.71. The Bertz CT molecular complexity index is 564. The lowest BCUT2D eigenvalue weighted by Gasteiger charge is -2.08. The lowest BCUT2D eigenvalue weighted by Crippen LogP contribution is -2.03. The molecule has 2 rings (SSSR count). The number of nitrogens with zero attached hydrogens (tertiary/aromatic N) is 3. The predicted molar refractivity (Wildman–Crippen MR) is 62.8 cm³/mol. The lowest BCUT2D eigenvalue weighted by atomic mass is 10.3. The van der Waals surface area contributed by atoms with Crippen molar-refractivity contribution in [1.29, 1.82) is 0 Å². The number of aryl methyl sites for hydroxylation is 2. The average molecular weight is 238 g/mol. The van der Waals surface area contributed by atoms with Crippen molar-refractivity contribution in [3.63, 3.8) is 0 Å². The topological polar surface area (TPSA) is 59.6 Å². The summed E-state index contributed by atoms with van der Waals surface area (Å²) in [6.07, 6.45) is 0. The molecule has 0 fully saturated rings. The number of hydrogen-bond acceptors (Lipinski definition) is 4. The standard InChI is InChI=1S/C10H14N4OS/c1-5(2)14-9(12-13-10(14)16)8-6(3)11-7(4)15-8/h5H,1-4H3,(H,13,16). The Hall–Kier alpha value is -1.43. The Morgan fingerprint density at radius 3 is 2.56 bits per heavy atom. The molecule has 0 saturated carbocycles. The number of aromatic nitrogens is 4. The van der Waals surface area contributed by atoms with E-state index in [2.05, 4.69) is 15.2 Å². The maximum Gasteiger partial charge on any atom is 0.200 e. The molecule has 0 atom stereocenters. The molecule has 0 unspecified atom stereocenters. The van der Waals surface area contributed by atoms with Gasteiger partial charge >= 0.3 is 0 Å². The van der Waals surface area contributed by atoms with Crippen LogP contribution in [0.2, 0.25) is 0 Å². The minimum absolute atomic E-state index is 0.228. The highest BCUT2D eigenvalue weighted by Gasteiger charge is 2.18. The minimum atomic E-state index is 0.228. The first-order valence-corrected chi connectivity index (χ1v) is 5.53. The summed E-state index contributed by atoms with van der Waals surface area (Å²) in [5.41, 5.74) is 0.827. The van der Waals surface area contributed by atoms with Gasteiger partial charge in [0, 0.05) is 13.0 Å². The summed E-state index contributed by atoms with van der Waals surface area (Å²) < 4.78 is 8.06. The molecule has 0 aliphatic heterocycles. The van der Waals surface area contributed by atoms with Crippen LogP contribution >= 0.6 is 12.2 Å². The Balaban J connectivity index is 2.65. The molecule has 5 nitrogen and oxygen atoms in total. The Labute approximate surface area is 98.5 Å². The van der Waals surface area contributed by atoms with Crippen molar-refractivity contribution in [3.8, 4) is 11.6 Å². The fraction of sp³-hybridized carbons (Fsp3) is 0.500. The summed E-state index contributed by atoms with van der Waals surface area (Å²) in [5, 5.41) is 6.97. The molecule has 0 aliphatic carbocycles. The van der Waals surface area contributed by atoms with Gasteiger partial charge < -0.3 is 4.42 Å². The molecule has 2 heterocycles. The van der Waals surface area contributed by atoms with Crippen LogP contribution in [0.3, 0.4) is 0 Å². The fourth-order valence-electron chi connectivity index (χ4n) is 1.68. The van der Waals surface area contributed by atoms with Gasteiger partial charge in [0.05, 0.1) is 5.69 Å². The molecule has 0 saturated heterocycles. The third-order valence-electron chi connectivity index (χ3n) is 2.33. The second-order valence-corrected chi connectivity index (χ2v) is 4.35. The number of H-pyrrole nitrogens is 1. The second-order valence-electron chi connectivity index (χ2n) is 3.96. The maximum absolute atomic E-state index is 5.54. The monoisotopic (exact) mass is 238 g/mol. The zero-order chi connectivity index (χ0) is 11.9. The van der Waals surface area contributed by atoms with Gasteiger partial charge in [-0.2, -0.15) is 5.10 Å². The van der Waals surface area contributed by atoms with Crippen LogP contribution in [0, 0.1) is 18.6 Å². The average Bonchev–Trinajstić information content (AvgIpc) is 2.69. The van der Waals surface area contributed by atoms with Crippen LogP contribution in [0.25, 0.3) is 11.6 Å². The molecule has 0 spiro atoms. The maximum atomic E-state index is 5.54. The Morgan fingerprint density at radius 2 is 2.06 bits per heavy atom. The molecular weight excluding hydrogens is 224 g/mol. The molecule has 0 aliphatic rings. The number of hydrogen-bond donors (Lipinski definition) is 1. The Morgan fingerprint density at radius 1 is 1.38 bits per heavy atom.